The Morgan fingerprint density at radius 3 is 2.23 bits per heavy atom. The fourth-order valence-electron chi connectivity index (χ4n) is 2.31. The number of hydrogen-bond acceptors (Lipinski definition) is 5. The summed E-state index contributed by atoms with van der Waals surface area (Å²) in [6.07, 6.45) is 0. The van der Waals surface area contributed by atoms with Crippen molar-refractivity contribution < 1.29 is 21.9 Å². The lowest BCUT2D eigenvalue weighted by Gasteiger charge is -2.19. The van der Waals surface area contributed by atoms with Gasteiger partial charge >= 0.3 is 0 Å². The number of rotatable bonds is 7. The Labute approximate surface area is 161 Å². The number of nitrogens with zero attached hydrogens (tertiary/aromatic N) is 1. The van der Waals surface area contributed by atoms with Crippen LogP contribution in [0.4, 0.5) is 5.69 Å². The van der Waals surface area contributed by atoms with E-state index < -0.39 is 20.0 Å². The van der Waals surface area contributed by atoms with Crippen LogP contribution in [-0.2, 0) is 20.0 Å². The zero-order chi connectivity index (χ0) is 19.5. The van der Waals surface area contributed by atoms with Crippen LogP contribution >= 0.6 is 15.9 Å². The van der Waals surface area contributed by atoms with Gasteiger partial charge in [0.05, 0.1) is 15.5 Å². The van der Waals surface area contributed by atoms with E-state index in [-0.39, 0.29) is 34.3 Å². The minimum Gasteiger partial charge on any atom is -0.506 e. The molecule has 0 aliphatic heterocycles. The molecule has 0 radical (unpaired) electrons. The van der Waals surface area contributed by atoms with Crippen LogP contribution in [0.3, 0.4) is 0 Å². The summed E-state index contributed by atoms with van der Waals surface area (Å²) in [4.78, 5) is -0.130. The Balaban J connectivity index is 2.45. The highest BCUT2D eigenvalue weighted by Crippen LogP contribution is 2.30. The number of sulfonamides is 2. The molecule has 0 aliphatic carbocycles. The van der Waals surface area contributed by atoms with Gasteiger partial charge in [-0.05, 0) is 36.4 Å². The first-order valence-corrected chi connectivity index (χ1v) is 11.4. The summed E-state index contributed by atoms with van der Waals surface area (Å²) in [6, 6.07) is 9.51. The molecule has 0 aliphatic rings. The molecule has 0 spiro atoms. The van der Waals surface area contributed by atoms with Gasteiger partial charge in [0.2, 0.25) is 10.0 Å². The molecule has 0 amide bonds. The summed E-state index contributed by atoms with van der Waals surface area (Å²) in [5.74, 6) is -0.373. The van der Waals surface area contributed by atoms with Crippen molar-refractivity contribution >= 4 is 41.7 Å². The van der Waals surface area contributed by atoms with Crippen molar-refractivity contribution in [1.29, 1.82) is 0 Å². The van der Waals surface area contributed by atoms with E-state index >= 15 is 0 Å². The first kappa shape index (κ1) is 20.7. The quantitative estimate of drug-likeness (QED) is 0.615. The number of aromatic hydroxyl groups is 1. The molecule has 2 rings (SSSR count). The standard InChI is InChI=1S/C16H19BrN2O5S2/c1-3-19(4-2)26(23,24)14-8-9-16(20)15(11-14)18-25(21,22)13-7-5-6-12(17)10-13/h5-11,18,20H,3-4H2,1-2H3. The summed E-state index contributed by atoms with van der Waals surface area (Å²) >= 11 is 3.20. The third kappa shape index (κ3) is 4.37. The van der Waals surface area contributed by atoms with Crippen molar-refractivity contribution in [1.82, 2.24) is 4.31 Å². The summed E-state index contributed by atoms with van der Waals surface area (Å²) in [7, 11) is -7.79. The highest BCUT2D eigenvalue weighted by atomic mass is 79.9. The Morgan fingerprint density at radius 1 is 1.00 bits per heavy atom. The SMILES string of the molecule is CCN(CC)S(=O)(=O)c1ccc(O)c(NS(=O)(=O)c2cccc(Br)c2)c1. The van der Waals surface area contributed by atoms with E-state index in [4.69, 9.17) is 0 Å². The third-order valence-corrected chi connectivity index (χ3v) is 7.56. The minimum absolute atomic E-state index is 0.0247. The van der Waals surface area contributed by atoms with Crippen LogP contribution in [0.25, 0.3) is 0 Å². The van der Waals surface area contributed by atoms with Crippen molar-refractivity contribution in [3.8, 4) is 5.75 Å². The summed E-state index contributed by atoms with van der Waals surface area (Å²) in [5, 5.41) is 9.97. The van der Waals surface area contributed by atoms with Gasteiger partial charge in [-0.3, -0.25) is 4.72 Å². The molecule has 0 fully saturated rings. The first-order valence-electron chi connectivity index (χ1n) is 7.73. The van der Waals surface area contributed by atoms with Crippen LogP contribution in [0.5, 0.6) is 5.75 Å². The van der Waals surface area contributed by atoms with E-state index in [1.54, 1.807) is 26.0 Å². The van der Waals surface area contributed by atoms with Crippen molar-refractivity contribution in [3.63, 3.8) is 0 Å². The molecule has 0 saturated heterocycles. The zero-order valence-electron chi connectivity index (χ0n) is 14.2. The van der Waals surface area contributed by atoms with E-state index in [0.717, 1.165) is 12.1 Å². The van der Waals surface area contributed by atoms with Gasteiger partial charge in [0.15, 0.2) is 0 Å². The van der Waals surface area contributed by atoms with E-state index in [1.165, 1.54) is 22.5 Å². The number of phenolic OH excluding ortho intramolecular Hbond substituents is 1. The third-order valence-electron chi connectivity index (χ3n) is 3.66. The Hall–Kier alpha value is -1.62. The molecule has 10 heteroatoms. The average molecular weight is 463 g/mol. The Bertz CT molecular complexity index is 1000. The summed E-state index contributed by atoms with van der Waals surface area (Å²) < 4.78 is 54.3. The largest absolute Gasteiger partial charge is 0.506 e. The van der Waals surface area contributed by atoms with Crippen LogP contribution in [0.1, 0.15) is 13.8 Å². The second-order valence-corrected chi connectivity index (χ2v) is 9.87. The molecule has 0 aromatic heterocycles. The number of phenols is 1. The highest BCUT2D eigenvalue weighted by Gasteiger charge is 2.24. The lowest BCUT2D eigenvalue weighted by Crippen LogP contribution is -2.30. The van der Waals surface area contributed by atoms with Crippen molar-refractivity contribution in [2.75, 3.05) is 17.8 Å². The van der Waals surface area contributed by atoms with E-state index in [9.17, 15) is 21.9 Å². The molecule has 26 heavy (non-hydrogen) atoms. The average Bonchev–Trinajstić information content (AvgIpc) is 2.57. The van der Waals surface area contributed by atoms with Crippen molar-refractivity contribution in [2.24, 2.45) is 0 Å². The molecule has 0 atom stereocenters. The zero-order valence-corrected chi connectivity index (χ0v) is 17.4. The molecule has 2 aromatic carbocycles. The molecule has 0 bridgehead atoms. The molecular weight excluding hydrogens is 444 g/mol. The van der Waals surface area contributed by atoms with E-state index in [2.05, 4.69) is 20.7 Å². The predicted octanol–water partition coefficient (Wildman–Crippen LogP) is 2.99. The van der Waals surface area contributed by atoms with E-state index in [1.807, 2.05) is 0 Å². The van der Waals surface area contributed by atoms with Crippen LogP contribution in [0.15, 0.2) is 56.7 Å². The van der Waals surface area contributed by atoms with Gasteiger partial charge in [-0.15, -0.1) is 0 Å². The van der Waals surface area contributed by atoms with Crippen molar-refractivity contribution in [2.45, 2.75) is 23.6 Å². The molecule has 0 saturated carbocycles. The number of hydrogen-bond donors (Lipinski definition) is 2. The van der Waals surface area contributed by atoms with Crippen LogP contribution in [0, 0.1) is 0 Å². The molecule has 0 heterocycles. The smallest absolute Gasteiger partial charge is 0.262 e. The monoisotopic (exact) mass is 462 g/mol. The van der Waals surface area contributed by atoms with Gasteiger partial charge in [-0.1, -0.05) is 35.8 Å². The number of anilines is 1. The lowest BCUT2D eigenvalue weighted by atomic mass is 10.3. The molecule has 2 N–H and O–H groups in total. The number of nitrogens with one attached hydrogen (secondary N) is 1. The van der Waals surface area contributed by atoms with Gasteiger partial charge in [-0.2, -0.15) is 4.31 Å². The molecular formula is C16H19BrN2O5S2. The number of halogens is 1. The minimum atomic E-state index is -4.00. The number of benzene rings is 2. The topological polar surface area (TPSA) is 104 Å². The maximum absolute atomic E-state index is 12.6. The second-order valence-electron chi connectivity index (χ2n) is 5.33. The van der Waals surface area contributed by atoms with Gasteiger partial charge in [0, 0.05) is 17.6 Å². The first-order chi connectivity index (χ1) is 12.1. The Kier molecular flexibility index (Phi) is 6.33. The predicted molar refractivity (Wildman–Crippen MR) is 103 cm³/mol. The summed E-state index contributed by atoms with van der Waals surface area (Å²) in [5.41, 5.74) is -0.210. The molecule has 2 aromatic rings. The molecule has 142 valence electrons. The van der Waals surface area contributed by atoms with Crippen LogP contribution in [-0.4, -0.2) is 39.3 Å². The molecule has 7 nitrogen and oxygen atoms in total. The summed E-state index contributed by atoms with van der Waals surface area (Å²) in [6.45, 7) is 3.97. The fourth-order valence-corrected chi connectivity index (χ4v) is 5.45. The van der Waals surface area contributed by atoms with Crippen LogP contribution in [0.2, 0.25) is 0 Å². The van der Waals surface area contributed by atoms with Gasteiger partial charge in [-0.25, -0.2) is 16.8 Å². The maximum Gasteiger partial charge on any atom is 0.262 e. The Morgan fingerprint density at radius 2 is 1.65 bits per heavy atom. The normalized spacial score (nSPS) is 12.3. The van der Waals surface area contributed by atoms with Crippen molar-refractivity contribution in [3.05, 3.63) is 46.9 Å². The second kappa shape index (κ2) is 7.95. The van der Waals surface area contributed by atoms with Gasteiger partial charge in [0.1, 0.15) is 5.75 Å². The van der Waals surface area contributed by atoms with Gasteiger partial charge < -0.3 is 5.11 Å². The van der Waals surface area contributed by atoms with Gasteiger partial charge in [0.25, 0.3) is 10.0 Å². The fraction of sp³-hybridized carbons (Fsp3) is 0.250. The highest BCUT2D eigenvalue weighted by molar-refractivity contribution is 9.10. The molecule has 0 unspecified atom stereocenters. The lowest BCUT2D eigenvalue weighted by molar-refractivity contribution is 0.445. The van der Waals surface area contributed by atoms with E-state index in [0.29, 0.717) is 4.47 Å². The maximum atomic E-state index is 12.6. The van der Waals surface area contributed by atoms with Crippen LogP contribution < -0.4 is 4.72 Å².